The molecule has 7 nitrogen and oxygen atoms in total. The molecule has 3 N–H and O–H groups in total. The summed E-state index contributed by atoms with van der Waals surface area (Å²) in [6.07, 6.45) is 6.45. The Labute approximate surface area is 213 Å². The van der Waals surface area contributed by atoms with Gasteiger partial charge in [0.2, 0.25) is 11.8 Å². The minimum Gasteiger partial charge on any atom is -0.397 e. The smallest absolute Gasteiger partial charge is 0.255 e. The second-order valence-corrected chi connectivity index (χ2v) is 9.19. The highest BCUT2D eigenvalue weighted by Crippen LogP contribution is 2.26. The monoisotopic (exact) mass is 488 g/mol. The van der Waals surface area contributed by atoms with Crippen LogP contribution < -0.4 is 11.1 Å². The molecule has 190 valence electrons. The number of benzene rings is 2. The zero-order valence-electron chi connectivity index (χ0n) is 21.4. The Bertz CT molecular complexity index is 1150. The molecular weight excluding hydrogens is 452 g/mol. The fourth-order valence-electron chi connectivity index (χ4n) is 4.36. The number of amides is 3. The van der Waals surface area contributed by atoms with Gasteiger partial charge in [-0.3, -0.25) is 14.4 Å². The van der Waals surface area contributed by atoms with Gasteiger partial charge in [-0.2, -0.15) is 0 Å². The van der Waals surface area contributed by atoms with Crippen LogP contribution in [0, 0.1) is 0 Å². The molecule has 0 bridgehead atoms. The van der Waals surface area contributed by atoms with Crippen molar-refractivity contribution in [2.75, 3.05) is 24.1 Å². The van der Waals surface area contributed by atoms with Crippen molar-refractivity contribution in [3.63, 3.8) is 0 Å². The van der Waals surface area contributed by atoms with Gasteiger partial charge in [-0.05, 0) is 60.7 Å². The van der Waals surface area contributed by atoms with Crippen molar-refractivity contribution in [3.8, 4) is 0 Å². The Morgan fingerprint density at radius 1 is 1.14 bits per heavy atom. The van der Waals surface area contributed by atoms with Gasteiger partial charge in [0.1, 0.15) is 12.6 Å². The molecule has 1 unspecified atom stereocenters. The molecule has 7 heteroatoms. The van der Waals surface area contributed by atoms with E-state index in [1.165, 1.54) is 6.42 Å². The maximum atomic E-state index is 12.8. The molecule has 3 amide bonds. The molecule has 0 aromatic heterocycles. The number of fused-ring (bicyclic) bond motifs is 1. The van der Waals surface area contributed by atoms with Crippen molar-refractivity contribution in [3.05, 3.63) is 77.9 Å². The number of carbonyl (C=O) groups excluding carboxylic acids is 3. The minimum absolute atomic E-state index is 0.00470. The molecule has 0 saturated carbocycles. The zero-order valence-corrected chi connectivity index (χ0v) is 21.4. The summed E-state index contributed by atoms with van der Waals surface area (Å²) in [5.74, 6) is -0.266. The highest BCUT2D eigenvalue weighted by molar-refractivity contribution is 6.06. The Morgan fingerprint density at radius 2 is 1.81 bits per heavy atom. The number of hydrogen-bond acceptors (Lipinski definition) is 4. The first-order chi connectivity index (χ1) is 17.3. The third kappa shape index (κ3) is 6.22. The lowest BCUT2D eigenvalue weighted by Crippen LogP contribution is -2.56. The number of anilines is 2. The number of hydrogen-bond donors (Lipinski definition) is 2. The van der Waals surface area contributed by atoms with E-state index in [9.17, 15) is 14.4 Å². The molecular formula is C29H36N4O3. The lowest BCUT2D eigenvalue weighted by Gasteiger charge is -2.36. The van der Waals surface area contributed by atoms with Crippen LogP contribution in [0.5, 0.6) is 0 Å². The summed E-state index contributed by atoms with van der Waals surface area (Å²) in [6.45, 7) is 11.0. The van der Waals surface area contributed by atoms with Gasteiger partial charge in [0.15, 0.2) is 0 Å². The van der Waals surface area contributed by atoms with E-state index in [2.05, 4.69) is 25.7 Å². The topological polar surface area (TPSA) is 95.7 Å². The molecule has 2 saturated heterocycles. The molecule has 2 heterocycles. The first-order valence-electron chi connectivity index (χ1n) is 12.5. The summed E-state index contributed by atoms with van der Waals surface area (Å²) < 4.78 is 0. The summed E-state index contributed by atoms with van der Waals surface area (Å²) in [5.41, 5.74) is 10.4. The van der Waals surface area contributed by atoms with E-state index < -0.39 is 0 Å². The molecule has 36 heavy (non-hydrogen) atoms. The molecule has 2 fully saturated rings. The number of nitrogens with one attached hydrogen (secondary N) is 1. The van der Waals surface area contributed by atoms with Crippen LogP contribution in [-0.2, 0) is 16.1 Å². The van der Waals surface area contributed by atoms with Crippen molar-refractivity contribution in [1.82, 2.24) is 9.80 Å². The van der Waals surface area contributed by atoms with Crippen LogP contribution in [0.25, 0.3) is 5.57 Å². The second-order valence-electron chi connectivity index (χ2n) is 9.19. The Hall–Kier alpha value is -3.87. The number of nitrogens with two attached hydrogens (primary N) is 1. The largest absolute Gasteiger partial charge is 0.397 e. The number of carbonyl (C=O) groups is 3. The zero-order chi connectivity index (χ0) is 26.2. The van der Waals surface area contributed by atoms with Gasteiger partial charge in [-0.15, -0.1) is 0 Å². The van der Waals surface area contributed by atoms with Crippen LogP contribution in [0.2, 0.25) is 0 Å². The van der Waals surface area contributed by atoms with Crippen LogP contribution in [0.15, 0.2) is 61.2 Å². The number of nitrogen functional groups attached to an aromatic ring is 1. The van der Waals surface area contributed by atoms with Gasteiger partial charge in [-0.25, -0.2) is 0 Å². The summed E-state index contributed by atoms with van der Waals surface area (Å²) in [4.78, 5) is 41.1. The Morgan fingerprint density at radius 3 is 2.47 bits per heavy atom. The molecule has 0 aliphatic carbocycles. The van der Waals surface area contributed by atoms with Gasteiger partial charge >= 0.3 is 0 Å². The number of rotatable bonds is 6. The highest BCUT2D eigenvalue weighted by atomic mass is 16.2. The van der Waals surface area contributed by atoms with Crippen LogP contribution >= 0.6 is 0 Å². The molecule has 1 atom stereocenters. The van der Waals surface area contributed by atoms with Crippen molar-refractivity contribution in [1.29, 1.82) is 0 Å². The highest BCUT2D eigenvalue weighted by Gasteiger charge is 2.41. The standard InChI is InChI=1S/C26H28N4O3.C3H8/c1-3-5-17(2)20-11-12-21(27)22(14-20)28-25(32)19-9-7-18(8-10-19)15-29-16-24(31)30-13-4-6-23(30)26(29)33;1-3-2/h3,5,7-12,14,23H,1,4,6,13,15-16,27H2,2H3,(H,28,32);3H2,1-2H3/b17-5+;. The summed E-state index contributed by atoms with van der Waals surface area (Å²) in [7, 11) is 0. The first kappa shape index (κ1) is 26.7. The van der Waals surface area contributed by atoms with Crippen molar-refractivity contribution >= 4 is 34.7 Å². The van der Waals surface area contributed by atoms with Gasteiger partial charge in [0, 0.05) is 18.7 Å². The lowest BCUT2D eigenvalue weighted by atomic mass is 10.0. The van der Waals surface area contributed by atoms with Crippen LogP contribution in [0.3, 0.4) is 0 Å². The molecule has 0 spiro atoms. The molecule has 4 rings (SSSR count). The van der Waals surface area contributed by atoms with Crippen molar-refractivity contribution < 1.29 is 14.4 Å². The number of nitrogens with zero attached hydrogens (tertiary/aromatic N) is 2. The molecule has 2 aliphatic rings. The minimum atomic E-state index is -0.317. The average molecular weight is 489 g/mol. The number of piperazine rings is 1. The lowest BCUT2D eigenvalue weighted by molar-refractivity contribution is -0.154. The Balaban J connectivity index is 0.00000115. The molecule has 2 aromatic carbocycles. The number of allylic oxidation sites excluding steroid dienone is 3. The quantitative estimate of drug-likeness (QED) is 0.448. The van der Waals surface area contributed by atoms with Crippen LogP contribution in [0.4, 0.5) is 11.4 Å². The van der Waals surface area contributed by atoms with Crippen LogP contribution in [-0.4, -0.2) is 46.7 Å². The predicted octanol–water partition coefficient (Wildman–Crippen LogP) is 4.86. The fourth-order valence-corrected chi connectivity index (χ4v) is 4.36. The van der Waals surface area contributed by atoms with Crippen LogP contribution in [0.1, 0.15) is 61.5 Å². The maximum absolute atomic E-state index is 12.8. The van der Waals surface area contributed by atoms with Gasteiger partial charge in [0.25, 0.3) is 5.91 Å². The summed E-state index contributed by atoms with van der Waals surface area (Å²) >= 11 is 0. The predicted molar refractivity (Wildman–Crippen MR) is 145 cm³/mol. The third-order valence-electron chi connectivity index (χ3n) is 6.21. The van der Waals surface area contributed by atoms with Gasteiger partial charge < -0.3 is 20.9 Å². The average Bonchev–Trinajstić information content (AvgIpc) is 3.36. The second kappa shape index (κ2) is 12.2. The van der Waals surface area contributed by atoms with E-state index >= 15 is 0 Å². The van der Waals surface area contributed by atoms with Crippen molar-refractivity contribution in [2.24, 2.45) is 0 Å². The van der Waals surface area contributed by atoms with E-state index in [0.29, 0.717) is 30.0 Å². The normalized spacial score (nSPS) is 17.3. The Kier molecular flexibility index (Phi) is 9.06. The van der Waals surface area contributed by atoms with Gasteiger partial charge in [-0.1, -0.05) is 57.2 Å². The van der Waals surface area contributed by atoms with E-state index in [-0.39, 0.29) is 30.3 Å². The molecule has 0 radical (unpaired) electrons. The molecule has 2 aliphatic heterocycles. The van der Waals surface area contributed by atoms with E-state index in [0.717, 1.165) is 29.5 Å². The maximum Gasteiger partial charge on any atom is 0.255 e. The van der Waals surface area contributed by atoms with E-state index in [1.54, 1.807) is 34.1 Å². The molecule has 2 aromatic rings. The van der Waals surface area contributed by atoms with Crippen molar-refractivity contribution in [2.45, 2.75) is 52.6 Å². The van der Waals surface area contributed by atoms with E-state index in [4.69, 9.17) is 5.73 Å². The summed E-state index contributed by atoms with van der Waals surface area (Å²) in [6, 6.07) is 12.2. The van der Waals surface area contributed by atoms with E-state index in [1.807, 2.05) is 37.3 Å². The third-order valence-corrected chi connectivity index (χ3v) is 6.21. The SMILES string of the molecule is C=C/C=C(\C)c1ccc(N)c(NC(=O)c2ccc(CN3CC(=O)N4CCCC4C3=O)cc2)c1.CCC. The summed E-state index contributed by atoms with van der Waals surface area (Å²) in [5, 5.41) is 2.87. The first-order valence-corrected chi connectivity index (χ1v) is 12.5. The van der Waals surface area contributed by atoms with Gasteiger partial charge in [0.05, 0.1) is 11.4 Å². The fraction of sp³-hybridized carbons (Fsp3) is 0.345.